The standard InChI is InChI=1S/C19H21ClN4OS/c1-11(2)18-22-19-15(4-3-7-24(19)23-18)21-17(25)8-12-10-26-16-6-5-13(20)9-14(12)16/h5-6,9-11,15H,3-4,7-8H2,1-2H3,(H,21,25). The smallest absolute Gasteiger partial charge is 0.225 e. The van der Waals surface area contributed by atoms with Crippen LogP contribution in [0.5, 0.6) is 0 Å². The van der Waals surface area contributed by atoms with E-state index in [9.17, 15) is 4.79 Å². The lowest BCUT2D eigenvalue weighted by Crippen LogP contribution is -2.34. The van der Waals surface area contributed by atoms with Crippen molar-refractivity contribution in [3.05, 3.63) is 45.8 Å². The Balaban J connectivity index is 1.51. The summed E-state index contributed by atoms with van der Waals surface area (Å²) in [6, 6.07) is 5.75. The van der Waals surface area contributed by atoms with Gasteiger partial charge in [-0.25, -0.2) is 9.67 Å². The average molecular weight is 389 g/mol. The van der Waals surface area contributed by atoms with Gasteiger partial charge in [0.25, 0.3) is 0 Å². The first-order valence-electron chi connectivity index (χ1n) is 8.91. The van der Waals surface area contributed by atoms with Crippen LogP contribution in [-0.4, -0.2) is 20.7 Å². The predicted octanol–water partition coefficient (Wildman–Crippen LogP) is 4.46. The summed E-state index contributed by atoms with van der Waals surface area (Å²) in [5.41, 5.74) is 1.02. The molecule has 3 heterocycles. The number of hydrogen-bond donors (Lipinski definition) is 1. The highest BCUT2D eigenvalue weighted by Crippen LogP contribution is 2.30. The van der Waals surface area contributed by atoms with Crippen LogP contribution in [0.3, 0.4) is 0 Å². The molecule has 0 radical (unpaired) electrons. The van der Waals surface area contributed by atoms with Crippen molar-refractivity contribution >= 4 is 38.9 Å². The van der Waals surface area contributed by atoms with Crippen molar-refractivity contribution in [2.75, 3.05) is 0 Å². The second-order valence-corrected chi connectivity index (χ2v) is 8.39. The lowest BCUT2D eigenvalue weighted by Gasteiger charge is -2.23. The van der Waals surface area contributed by atoms with E-state index in [0.29, 0.717) is 11.4 Å². The van der Waals surface area contributed by atoms with Crippen LogP contribution in [-0.2, 0) is 17.8 Å². The number of fused-ring (bicyclic) bond motifs is 2. The van der Waals surface area contributed by atoms with Gasteiger partial charge < -0.3 is 5.32 Å². The Morgan fingerprint density at radius 1 is 1.46 bits per heavy atom. The van der Waals surface area contributed by atoms with Gasteiger partial charge in [-0.05, 0) is 47.4 Å². The first-order valence-corrected chi connectivity index (χ1v) is 10.2. The Morgan fingerprint density at radius 3 is 3.12 bits per heavy atom. The molecule has 1 N–H and O–H groups in total. The van der Waals surface area contributed by atoms with Gasteiger partial charge in [-0.2, -0.15) is 5.10 Å². The second-order valence-electron chi connectivity index (χ2n) is 7.05. The number of nitrogens with zero attached hydrogens (tertiary/aromatic N) is 3. The van der Waals surface area contributed by atoms with Gasteiger partial charge in [0.15, 0.2) is 5.82 Å². The fourth-order valence-electron chi connectivity index (χ4n) is 3.36. The third-order valence-corrected chi connectivity index (χ3v) is 5.96. The normalized spacial score (nSPS) is 16.8. The van der Waals surface area contributed by atoms with E-state index in [1.54, 1.807) is 11.3 Å². The second kappa shape index (κ2) is 7.00. The van der Waals surface area contributed by atoms with Crippen LogP contribution in [0.1, 0.15) is 55.9 Å². The highest BCUT2D eigenvalue weighted by Gasteiger charge is 2.26. The van der Waals surface area contributed by atoms with E-state index in [0.717, 1.165) is 46.7 Å². The minimum absolute atomic E-state index is 0.0113. The fourth-order valence-corrected chi connectivity index (χ4v) is 4.47. The van der Waals surface area contributed by atoms with Crippen molar-refractivity contribution in [2.24, 2.45) is 0 Å². The molecule has 0 fully saturated rings. The molecule has 3 aromatic rings. The molecule has 4 rings (SSSR count). The number of benzene rings is 1. The molecule has 0 aliphatic carbocycles. The molecule has 1 aromatic carbocycles. The van der Waals surface area contributed by atoms with Crippen molar-refractivity contribution in [1.82, 2.24) is 20.1 Å². The number of aryl methyl sites for hydroxylation is 1. The molecule has 1 unspecified atom stereocenters. The topological polar surface area (TPSA) is 59.8 Å². The van der Waals surface area contributed by atoms with E-state index in [2.05, 4.69) is 29.2 Å². The maximum atomic E-state index is 12.7. The molecule has 1 aliphatic heterocycles. The van der Waals surface area contributed by atoms with Gasteiger partial charge in [0.2, 0.25) is 5.91 Å². The van der Waals surface area contributed by atoms with Gasteiger partial charge in [-0.3, -0.25) is 4.79 Å². The van der Waals surface area contributed by atoms with Crippen molar-refractivity contribution in [3.8, 4) is 0 Å². The van der Waals surface area contributed by atoms with E-state index in [1.165, 1.54) is 0 Å². The summed E-state index contributed by atoms with van der Waals surface area (Å²) in [4.78, 5) is 17.3. The summed E-state index contributed by atoms with van der Waals surface area (Å²) >= 11 is 7.75. The monoisotopic (exact) mass is 388 g/mol. The van der Waals surface area contributed by atoms with Gasteiger partial charge in [0.1, 0.15) is 5.82 Å². The summed E-state index contributed by atoms with van der Waals surface area (Å²) in [7, 11) is 0. The number of halogens is 1. The van der Waals surface area contributed by atoms with E-state index in [1.807, 2.05) is 28.3 Å². The Labute approximate surface area is 161 Å². The number of nitrogens with one attached hydrogen (secondary N) is 1. The number of hydrogen-bond acceptors (Lipinski definition) is 4. The Hall–Kier alpha value is -1.92. The zero-order valence-electron chi connectivity index (χ0n) is 14.8. The largest absolute Gasteiger partial charge is 0.346 e. The van der Waals surface area contributed by atoms with Gasteiger partial charge >= 0.3 is 0 Å². The number of thiophene rings is 1. The Morgan fingerprint density at radius 2 is 2.31 bits per heavy atom. The predicted molar refractivity (Wildman–Crippen MR) is 105 cm³/mol. The molecule has 0 saturated heterocycles. The number of rotatable bonds is 4. The third kappa shape index (κ3) is 3.35. The number of carbonyl (C=O) groups is 1. The summed E-state index contributed by atoms with van der Waals surface area (Å²) < 4.78 is 3.10. The van der Waals surface area contributed by atoms with E-state index in [-0.39, 0.29) is 17.9 Å². The Kier molecular flexibility index (Phi) is 4.71. The fraction of sp³-hybridized carbons (Fsp3) is 0.421. The molecule has 0 spiro atoms. The van der Waals surface area contributed by atoms with Gasteiger partial charge in [0.05, 0.1) is 12.5 Å². The molecule has 0 bridgehead atoms. The van der Waals surface area contributed by atoms with Crippen LogP contribution in [0.25, 0.3) is 10.1 Å². The minimum atomic E-state index is -0.0651. The first kappa shape index (κ1) is 17.5. The quantitative estimate of drug-likeness (QED) is 0.717. The lowest BCUT2D eigenvalue weighted by atomic mass is 10.1. The molecular formula is C19H21ClN4OS. The summed E-state index contributed by atoms with van der Waals surface area (Å²) in [5.74, 6) is 2.02. The summed E-state index contributed by atoms with van der Waals surface area (Å²) in [6.45, 7) is 5.04. The van der Waals surface area contributed by atoms with E-state index in [4.69, 9.17) is 11.6 Å². The molecular weight excluding hydrogens is 368 g/mol. The third-order valence-electron chi connectivity index (χ3n) is 4.71. The number of carbonyl (C=O) groups excluding carboxylic acids is 1. The van der Waals surface area contributed by atoms with Gasteiger partial charge in [0, 0.05) is 22.2 Å². The van der Waals surface area contributed by atoms with Crippen LogP contribution < -0.4 is 5.32 Å². The Bertz CT molecular complexity index is 962. The van der Waals surface area contributed by atoms with E-state index < -0.39 is 0 Å². The molecule has 2 aromatic heterocycles. The molecule has 1 atom stereocenters. The molecule has 7 heteroatoms. The van der Waals surface area contributed by atoms with Crippen LogP contribution in [0.4, 0.5) is 0 Å². The van der Waals surface area contributed by atoms with Gasteiger partial charge in [-0.15, -0.1) is 11.3 Å². The lowest BCUT2D eigenvalue weighted by molar-refractivity contribution is -0.121. The zero-order chi connectivity index (χ0) is 18.3. The van der Waals surface area contributed by atoms with E-state index >= 15 is 0 Å². The van der Waals surface area contributed by atoms with Crippen LogP contribution in [0.15, 0.2) is 23.6 Å². The molecule has 26 heavy (non-hydrogen) atoms. The summed E-state index contributed by atoms with van der Waals surface area (Å²) in [6.07, 6.45) is 2.25. The molecule has 136 valence electrons. The highest BCUT2D eigenvalue weighted by atomic mass is 35.5. The van der Waals surface area contributed by atoms with Crippen molar-refractivity contribution in [3.63, 3.8) is 0 Å². The SMILES string of the molecule is CC(C)c1nc2n(n1)CCCC2NC(=O)Cc1csc2ccc(Cl)cc12. The molecule has 5 nitrogen and oxygen atoms in total. The molecule has 0 saturated carbocycles. The minimum Gasteiger partial charge on any atom is -0.346 e. The molecule has 1 amide bonds. The first-order chi connectivity index (χ1) is 12.5. The average Bonchev–Trinajstić information content (AvgIpc) is 3.20. The van der Waals surface area contributed by atoms with Crippen molar-refractivity contribution in [2.45, 2.75) is 51.6 Å². The number of amides is 1. The van der Waals surface area contributed by atoms with Crippen molar-refractivity contribution < 1.29 is 4.79 Å². The van der Waals surface area contributed by atoms with Crippen LogP contribution >= 0.6 is 22.9 Å². The zero-order valence-corrected chi connectivity index (χ0v) is 16.4. The maximum Gasteiger partial charge on any atom is 0.225 e. The number of aromatic nitrogens is 3. The van der Waals surface area contributed by atoms with Crippen LogP contribution in [0, 0.1) is 0 Å². The highest BCUT2D eigenvalue weighted by molar-refractivity contribution is 7.17. The van der Waals surface area contributed by atoms with Crippen molar-refractivity contribution in [1.29, 1.82) is 0 Å². The maximum absolute atomic E-state index is 12.7. The van der Waals surface area contributed by atoms with Crippen LogP contribution in [0.2, 0.25) is 5.02 Å². The van der Waals surface area contributed by atoms with Gasteiger partial charge in [-0.1, -0.05) is 25.4 Å². The summed E-state index contributed by atoms with van der Waals surface area (Å²) in [5, 5.41) is 11.5. The molecule has 1 aliphatic rings.